The number of nitrogens with one attached hydrogen (secondary N) is 1. The molecule has 1 aromatic heterocycles. The molecule has 5 nitrogen and oxygen atoms in total. The first-order valence-corrected chi connectivity index (χ1v) is 9.55. The molecular formula is C23H23N3O2. The minimum atomic E-state index is -0.133. The van der Waals surface area contributed by atoms with Crippen LogP contribution in [0.3, 0.4) is 0 Å². The summed E-state index contributed by atoms with van der Waals surface area (Å²) in [7, 11) is 0. The van der Waals surface area contributed by atoms with E-state index in [4.69, 9.17) is 4.74 Å². The van der Waals surface area contributed by atoms with E-state index in [1.807, 2.05) is 54.6 Å². The molecule has 142 valence electrons. The third-order valence-corrected chi connectivity index (χ3v) is 4.90. The number of hydrogen-bond acceptors (Lipinski definition) is 4. The maximum atomic E-state index is 13.0. The van der Waals surface area contributed by atoms with Crippen LogP contribution >= 0.6 is 0 Å². The summed E-state index contributed by atoms with van der Waals surface area (Å²) in [6.07, 6.45) is 5.24. The third-order valence-electron chi connectivity index (χ3n) is 4.90. The lowest BCUT2D eigenvalue weighted by molar-refractivity contribution is -0.120. The van der Waals surface area contributed by atoms with Gasteiger partial charge in [0.05, 0.1) is 17.9 Å². The number of pyridine rings is 1. The first kappa shape index (κ1) is 18.2. The molecule has 4 rings (SSSR count). The van der Waals surface area contributed by atoms with Gasteiger partial charge >= 0.3 is 0 Å². The predicted octanol–water partition coefficient (Wildman–Crippen LogP) is 4.48. The second-order valence-electron chi connectivity index (χ2n) is 6.89. The summed E-state index contributed by atoms with van der Waals surface area (Å²) >= 11 is 0. The Kier molecular flexibility index (Phi) is 5.64. The molecule has 1 N–H and O–H groups in total. The Balaban J connectivity index is 1.46. The van der Waals surface area contributed by atoms with E-state index >= 15 is 0 Å². The zero-order chi connectivity index (χ0) is 19.2. The van der Waals surface area contributed by atoms with Crippen molar-refractivity contribution >= 4 is 11.6 Å². The number of aromatic nitrogens is 1. The molecule has 0 aliphatic carbocycles. The molecule has 28 heavy (non-hydrogen) atoms. The zero-order valence-corrected chi connectivity index (χ0v) is 15.6. The Morgan fingerprint density at radius 2 is 1.89 bits per heavy atom. The van der Waals surface area contributed by atoms with Crippen molar-refractivity contribution < 1.29 is 9.53 Å². The van der Waals surface area contributed by atoms with Crippen LogP contribution in [0.5, 0.6) is 11.5 Å². The monoisotopic (exact) mass is 373 g/mol. The van der Waals surface area contributed by atoms with Crippen LogP contribution < -0.4 is 10.1 Å². The van der Waals surface area contributed by atoms with Gasteiger partial charge in [-0.1, -0.05) is 42.5 Å². The molecule has 1 aliphatic heterocycles. The van der Waals surface area contributed by atoms with Gasteiger partial charge in [0.1, 0.15) is 5.75 Å². The van der Waals surface area contributed by atoms with Gasteiger partial charge in [-0.3, -0.25) is 14.7 Å². The Morgan fingerprint density at radius 1 is 1.07 bits per heavy atom. The van der Waals surface area contributed by atoms with E-state index in [2.05, 4.69) is 27.3 Å². The molecule has 1 amide bonds. The van der Waals surface area contributed by atoms with Crippen LogP contribution in [0.25, 0.3) is 0 Å². The summed E-state index contributed by atoms with van der Waals surface area (Å²) in [5, 5.41) is 3.06. The molecule has 0 bridgehead atoms. The van der Waals surface area contributed by atoms with E-state index < -0.39 is 0 Å². The van der Waals surface area contributed by atoms with Crippen molar-refractivity contribution in [2.24, 2.45) is 0 Å². The summed E-state index contributed by atoms with van der Waals surface area (Å²) in [6.45, 7) is 1.72. The summed E-state index contributed by atoms with van der Waals surface area (Å²) in [5.41, 5.74) is 1.89. The Bertz CT molecular complexity index is 915. The number of carbonyl (C=O) groups excluding carboxylic acids is 1. The second kappa shape index (κ2) is 8.67. The predicted molar refractivity (Wildman–Crippen MR) is 109 cm³/mol. The molecule has 1 aliphatic rings. The summed E-state index contributed by atoms with van der Waals surface area (Å²) in [6, 6.07) is 21.3. The highest BCUT2D eigenvalue weighted by molar-refractivity contribution is 5.96. The van der Waals surface area contributed by atoms with Gasteiger partial charge in [0.25, 0.3) is 0 Å². The van der Waals surface area contributed by atoms with Crippen LogP contribution in [0.2, 0.25) is 0 Å². The molecule has 1 unspecified atom stereocenters. The molecule has 0 spiro atoms. The number of ether oxygens (including phenoxy) is 1. The number of amides is 1. The molecule has 0 saturated carbocycles. The molecule has 3 aromatic rings. The van der Waals surface area contributed by atoms with Crippen molar-refractivity contribution in [3.05, 3.63) is 84.7 Å². The van der Waals surface area contributed by atoms with Crippen molar-refractivity contribution in [2.75, 3.05) is 11.9 Å². The molecule has 2 aromatic carbocycles. The van der Waals surface area contributed by atoms with Gasteiger partial charge in [-0.05, 0) is 49.2 Å². The van der Waals surface area contributed by atoms with E-state index in [1.165, 1.54) is 5.56 Å². The fraction of sp³-hybridized carbons (Fsp3) is 0.217. The molecule has 0 radical (unpaired) electrons. The van der Waals surface area contributed by atoms with Crippen LogP contribution in [0.1, 0.15) is 18.4 Å². The normalized spacial score (nSPS) is 16.6. The fourth-order valence-electron chi connectivity index (χ4n) is 3.54. The molecule has 5 heteroatoms. The van der Waals surface area contributed by atoms with Crippen molar-refractivity contribution in [2.45, 2.75) is 25.4 Å². The van der Waals surface area contributed by atoms with Gasteiger partial charge in [-0.15, -0.1) is 0 Å². The Hall–Kier alpha value is -3.18. The van der Waals surface area contributed by atoms with Crippen LogP contribution in [-0.2, 0) is 11.3 Å². The summed E-state index contributed by atoms with van der Waals surface area (Å²) in [4.78, 5) is 19.3. The fourth-order valence-corrected chi connectivity index (χ4v) is 3.54. The largest absolute Gasteiger partial charge is 0.454 e. The van der Waals surface area contributed by atoms with E-state index in [0.717, 1.165) is 25.9 Å². The Labute approximate surface area is 165 Å². The lowest BCUT2D eigenvalue weighted by atomic mass is 10.1. The molecule has 1 fully saturated rings. The molecule has 1 saturated heterocycles. The summed E-state index contributed by atoms with van der Waals surface area (Å²) < 4.78 is 5.90. The number of hydrogen-bond donors (Lipinski definition) is 1. The van der Waals surface area contributed by atoms with E-state index in [1.54, 1.807) is 12.4 Å². The molecular weight excluding hydrogens is 350 g/mol. The zero-order valence-electron chi connectivity index (χ0n) is 15.6. The van der Waals surface area contributed by atoms with Crippen LogP contribution in [-0.4, -0.2) is 28.4 Å². The number of para-hydroxylation sites is 2. The van der Waals surface area contributed by atoms with E-state index in [0.29, 0.717) is 17.2 Å². The number of likely N-dealkylation sites (tertiary alicyclic amines) is 1. The first-order valence-electron chi connectivity index (χ1n) is 9.55. The van der Waals surface area contributed by atoms with Gasteiger partial charge in [0.15, 0.2) is 5.75 Å². The average Bonchev–Trinajstić information content (AvgIpc) is 3.19. The molecule has 1 atom stereocenters. The quantitative estimate of drug-likeness (QED) is 0.692. The minimum Gasteiger partial charge on any atom is -0.454 e. The smallest absolute Gasteiger partial charge is 0.241 e. The highest BCUT2D eigenvalue weighted by Crippen LogP contribution is 2.30. The second-order valence-corrected chi connectivity index (χ2v) is 6.89. The van der Waals surface area contributed by atoms with E-state index in [9.17, 15) is 4.79 Å². The van der Waals surface area contributed by atoms with Crippen LogP contribution in [0.15, 0.2) is 79.1 Å². The number of carbonyl (C=O) groups is 1. The van der Waals surface area contributed by atoms with Crippen LogP contribution in [0.4, 0.5) is 5.69 Å². The number of nitrogens with zero attached hydrogens (tertiary/aromatic N) is 2. The van der Waals surface area contributed by atoms with Crippen molar-refractivity contribution in [3.63, 3.8) is 0 Å². The maximum absolute atomic E-state index is 13.0. The van der Waals surface area contributed by atoms with Gasteiger partial charge < -0.3 is 10.1 Å². The van der Waals surface area contributed by atoms with Crippen LogP contribution in [0, 0.1) is 0 Å². The topological polar surface area (TPSA) is 54.5 Å². The number of anilines is 1. The maximum Gasteiger partial charge on any atom is 0.241 e. The number of benzene rings is 2. The lowest BCUT2D eigenvalue weighted by Crippen LogP contribution is -2.39. The van der Waals surface area contributed by atoms with Gasteiger partial charge in [-0.25, -0.2) is 0 Å². The lowest BCUT2D eigenvalue weighted by Gasteiger charge is -2.24. The number of rotatable bonds is 6. The minimum absolute atomic E-state index is 0.00988. The van der Waals surface area contributed by atoms with Gasteiger partial charge in [-0.2, -0.15) is 0 Å². The van der Waals surface area contributed by atoms with E-state index in [-0.39, 0.29) is 11.9 Å². The third kappa shape index (κ3) is 4.38. The highest BCUT2D eigenvalue weighted by Gasteiger charge is 2.31. The SMILES string of the molecule is O=C(Nc1ccccc1Oc1cccnc1)C1CCCN1Cc1ccccc1. The highest BCUT2D eigenvalue weighted by atomic mass is 16.5. The van der Waals surface area contributed by atoms with Crippen molar-refractivity contribution in [1.82, 2.24) is 9.88 Å². The van der Waals surface area contributed by atoms with Gasteiger partial charge in [0.2, 0.25) is 5.91 Å². The Morgan fingerprint density at radius 3 is 2.71 bits per heavy atom. The summed E-state index contributed by atoms with van der Waals surface area (Å²) in [5.74, 6) is 1.25. The van der Waals surface area contributed by atoms with Crippen molar-refractivity contribution in [1.29, 1.82) is 0 Å². The van der Waals surface area contributed by atoms with Gasteiger partial charge in [0, 0.05) is 12.7 Å². The van der Waals surface area contributed by atoms with Crippen molar-refractivity contribution in [3.8, 4) is 11.5 Å². The molecule has 2 heterocycles. The average molecular weight is 373 g/mol. The first-order chi connectivity index (χ1) is 13.8. The standard InChI is InChI=1S/C23H23N3O2/c27-23(21-12-7-15-26(21)17-18-8-2-1-3-9-18)25-20-11-4-5-13-22(20)28-19-10-6-14-24-16-19/h1-6,8-11,13-14,16,21H,7,12,15,17H2,(H,25,27).